The number of nitrogens with one attached hydrogen (secondary N) is 1. The summed E-state index contributed by atoms with van der Waals surface area (Å²) in [5.74, 6) is 0. The summed E-state index contributed by atoms with van der Waals surface area (Å²) in [4.78, 5) is 3.90. The molecule has 0 spiro atoms. The Morgan fingerprint density at radius 3 is 2.76 bits per heavy atom. The van der Waals surface area contributed by atoms with Crippen molar-refractivity contribution in [3.8, 4) is 0 Å². The molecule has 0 aliphatic carbocycles. The van der Waals surface area contributed by atoms with Gasteiger partial charge in [-0.25, -0.2) is 13.4 Å². The number of rotatable bonds is 2. The van der Waals surface area contributed by atoms with E-state index in [1.807, 2.05) is 6.92 Å². The van der Waals surface area contributed by atoms with Crippen molar-refractivity contribution in [2.45, 2.75) is 18.0 Å². The summed E-state index contributed by atoms with van der Waals surface area (Å²) in [6.07, 6.45) is 3.03. The molecule has 1 fully saturated rings. The molecule has 6 nitrogen and oxygen atoms in total. The van der Waals surface area contributed by atoms with Crippen molar-refractivity contribution in [2.75, 3.05) is 19.6 Å². The molecule has 98 valence electrons. The molecule has 0 bridgehead atoms. The van der Waals surface area contributed by atoms with Crippen LogP contribution in [-0.2, 0) is 17.1 Å². The quantitative estimate of drug-likeness (QED) is 0.816. The average Bonchev–Trinajstić information content (AvgIpc) is 2.65. The van der Waals surface area contributed by atoms with Gasteiger partial charge >= 0.3 is 0 Å². The third kappa shape index (κ3) is 2.98. The van der Waals surface area contributed by atoms with Crippen LogP contribution < -0.4 is 5.32 Å². The van der Waals surface area contributed by atoms with Crippen molar-refractivity contribution < 1.29 is 8.42 Å². The highest BCUT2D eigenvalue weighted by Gasteiger charge is 2.29. The van der Waals surface area contributed by atoms with Crippen LogP contribution in [0.25, 0.3) is 0 Å². The van der Waals surface area contributed by atoms with Crippen molar-refractivity contribution in [1.29, 1.82) is 0 Å². The number of sulfonamides is 1. The topological polar surface area (TPSA) is 67.2 Å². The maximum absolute atomic E-state index is 12.2. The molecule has 1 saturated heterocycles. The molecular weight excluding hydrogens is 264 g/mol. The normalized spacial score (nSPS) is 22.1. The van der Waals surface area contributed by atoms with Crippen LogP contribution in [0.15, 0.2) is 17.6 Å². The molecule has 1 aromatic rings. The Kier molecular flexibility index (Phi) is 4.54. The van der Waals surface area contributed by atoms with Gasteiger partial charge < -0.3 is 9.88 Å². The zero-order valence-electron chi connectivity index (χ0n) is 9.83. The Labute approximate surface area is 107 Å². The Hall–Kier alpha value is -0.630. The van der Waals surface area contributed by atoms with Gasteiger partial charge in [-0.15, -0.1) is 12.4 Å². The second-order valence-electron chi connectivity index (χ2n) is 4.10. The van der Waals surface area contributed by atoms with Gasteiger partial charge in [-0.05, 0) is 6.92 Å². The minimum Gasteiger partial charge on any atom is -0.339 e. The van der Waals surface area contributed by atoms with Crippen LogP contribution >= 0.6 is 12.4 Å². The average molecular weight is 281 g/mol. The standard InChI is InChI=1S/C9H16N4O2S.ClH/c1-8-5-13(4-3-10-8)16(14,15)9-6-12(2)7-11-9;/h6-8,10H,3-5H2,1-2H3;1H/t8-;/m0./s1. The van der Waals surface area contributed by atoms with Crippen LogP contribution in [0.4, 0.5) is 0 Å². The molecule has 0 saturated carbocycles. The zero-order chi connectivity index (χ0) is 11.8. The molecule has 1 N–H and O–H groups in total. The lowest BCUT2D eigenvalue weighted by atomic mass is 10.3. The SMILES string of the molecule is C[C@H]1CN(S(=O)(=O)c2cn(C)cn2)CCN1.Cl. The van der Waals surface area contributed by atoms with Crippen LogP contribution in [-0.4, -0.2) is 48.0 Å². The number of nitrogens with zero attached hydrogens (tertiary/aromatic N) is 3. The summed E-state index contributed by atoms with van der Waals surface area (Å²) in [6.45, 7) is 3.66. The molecule has 2 heterocycles. The van der Waals surface area contributed by atoms with E-state index in [4.69, 9.17) is 0 Å². The fourth-order valence-corrected chi connectivity index (χ4v) is 3.27. The largest absolute Gasteiger partial charge is 0.339 e. The summed E-state index contributed by atoms with van der Waals surface area (Å²) in [7, 11) is -1.66. The van der Waals surface area contributed by atoms with Crippen LogP contribution in [0, 0.1) is 0 Å². The van der Waals surface area contributed by atoms with E-state index in [1.54, 1.807) is 11.6 Å². The number of piperazine rings is 1. The van der Waals surface area contributed by atoms with E-state index in [2.05, 4.69) is 10.3 Å². The van der Waals surface area contributed by atoms with Crippen LogP contribution in [0.3, 0.4) is 0 Å². The molecule has 0 radical (unpaired) electrons. The molecule has 0 aromatic carbocycles. The summed E-state index contributed by atoms with van der Waals surface area (Å²) in [6, 6.07) is 0.187. The predicted molar refractivity (Wildman–Crippen MR) is 66.7 cm³/mol. The van der Waals surface area contributed by atoms with Crippen molar-refractivity contribution in [1.82, 2.24) is 19.2 Å². The first-order valence-electron chi connectivity index (χ1n) is 5.21. The van der Waals surface area contributed by atoms with Crippen molar-refractivity contribution in [3.63, 3.8) is 0 Å². The van der Waals surface area contributed by atoms with Crippen molar-refractivity contribution >= 4 is 22.4 Å². The lowest BCUT2D eigenvalue weighted by molar-refractivity contribution is 0.309. The van der Waals surface area contributed by atoms with Crippen LogP contribution in [0.1, 0.15) is 6.92 Å². The Balaban J connectivity index is 0.00000144. The van der Waals surface area contributed by atoms with Crippen LogP contribution in [0.2, 0.25) is 0 Å². The van der Waals surface area contributed by atoms with Gasteiger partial charge in [0, 0.05) is 38.9 Å². The van der Waals surface area contributed by atoms with E-state index in [1.165, 1.54) is 16.8 Å². The fraction of sp³-hybridized carbons (Fsp3) is 0.667. The monoisotopic (exact) mass is 280 g/mol. The summed E-state index contributed by atoms with van der Waals surface area (Å²) >= 11 is 0. The number of aryl methyl sites for hydroxylation is 1. The number of halogens is 1. The molecule has 1 aliphatic rings. The molecule has 2 rings (SSSR count). The molecule has 0 unspecified atom stereocenters. The summed E-state index contributed by atoms with van der Waals surface area (Å²) < 4.78 is 27.5. The molecule has 8 heteroatoms. The van der Waals surface area contributed by atoms with E-state index in [9.17, 15) is 8.42 Å². The lowest BCUT2D eigenvalue weighted by Gasteiger charge is -2.30. The number of hydrogen-bond acceptors (Lipinski definition) is 4. The molecule has 1 atom stereocenters. The smallest absolute Gasteiger partial charge is 0.262 e. The first kappa shape index (κ1) is 14.4. The van der Waals surface area contributed by atoms with E-state index in [0.717, 1.165) is 0 Å². The minimum atomic E-state index is -3.41. The van der Waals surface area contributed by atoms with Gasteiger partial charge in [0.05, 0.1) is 6.33 Å². The molecule has 1 aliphatic heterocycles. The fourth-order valence-electron chi connectivity index (χ4n) is 1.77. The second kappa shape index (κ2) is 5.34. The lowest BCUT2D eigenvalue weighted by Crippen LogP contribution is -2.51. The molecule has 17 heavy (non-hydrogen) atoms. The summed E-state index contributed by atoms with van der Waals surface area (Å²) in [5, 5.41) is 3.34. The first-order chi connectivity index (χ1) is 7.50. The van der Waals surface area contributed by atoms with E-state index < -0.39 is 10.0 Å². The Bertz CT molecular complexity index is 473. The molecule has 0 amide bonds. The molecule has 1 aromatic heterocycles. The maximum Gasteiger partial charge on any atom is 0.262 e. The van der Waals surface area contributed by atoms with Gasteiger partial charge in [-0.1, -0.05) is 0 Å². The Morgan fingerprint density at radius 2 is 2.24 bits per heavy atom. The first-order valence-corrected chi connectivity index (χ1v) is 6.65. The van der Waals surface area contributed by atoms with Gasteiger partial charge in [0.2, 0.25) is 0 Å². The third-order valence-electron chi connectivity index (χ3n) is 2.62. The van der Waals surface area contributed by atoms with Gasteiger partial charge in [0.25, 0.3) is 10.0 Å². The van der Waals surface area contributed by atoms with E-state index >= 15 is 0 Å². The van der Waals surface area contributed by atoms with Gasteiger partial charge in [0.15, 0.2) is 5.03 Å². The zero-order valence-corrected chi connectivity index (χ0v) is 11.5. The van der Waals surface area contributed by atoms with Crippen molar-refractivity contribution in [3.05, 3.63) is 12.5 Å². The third-order valence-corrected chi connectivity index (χ3v) is 4.37. The Morgan fingerprint density at radius 1 is 1.53 bits per heavy atom. The second-order valence-corrected chi connectivity index (χ2v) is 5.98. The highest BCUT2D eigenvalue weighted by Crippen LogP contribution is 2.14. The number of aromatic nitrogens is 2. The van der Waals surface area contributed by atoms with E-state index in [-0.39, 0.29) is 23.5 Å². The van der Waals surface area contributed by atoms with Crippen molar-refractivity contribution in [2.24, 2.45) is 7.05 Å². The number of hydrogen-bond donors (Lipinski definition) is 1. The van der Waals surface area contributed by atoms with Crippen LogP contribution in [0.5, 0.6) is 0 Å². The maximum atomic E-state index is 12.2. The van der Waals surface area contributed by atoms with E-state index in [0.29, 0.717) is 19.6 Å². The highest BCUT2D eigenvalue weighted by atomic mass is 35.5. The predicted octanol–water partition coefficient (Wildman–Crippen LogP) is -0.176. The van der Waals surface area contributed by atoms with Gasteiger partial charge in [-0.3, -0.25) is 0 Å². The van der Waals surface area contributed by atoms with Gasteiger partial charge in [-0.2, -0.15) is 4.31 Å². The minimum absolute atomic E-state index is 0. The highest BCUT2D eigenvalue weighted by molar-refractivity contribution is 7.89. The number of imidazole rings is 1. The summed E-state index contributed by atoms with van der Waals surface area (Å²) in [5.41, 5.74) is 0. The molecular formula is C9H17ClN4O2S. The van der Waals surface area contributed by atoms with Gasteiger partial charge in [0.1, 0.15) is 0 Å².